The largest absolute Gasteiger partial charge is 0.394 e. The van der Waals surface area contributed by atoms with Crippen molar-refractivity contribution in [3.63, 3.8) is 0 Å². The van der Waals surface area contributed by atoms with Crippen molar-refractivity contribution in [1.29, 1.82) is 0 Å². The quantitative estimate of drug-likeness (QED) is 0.703. The maximum atomic E-state index is 9.61. The van der Waals surface area contributed by atoms with Crippen molar-refractivity contribution in [2.45, 2.75) is 79.2 Å². The summed E-state index contributed by atoms with van der Waals surface area (Å²) in [4.78, 5) is 0. The van der Waals surface area contributed by atoms with Crippen molar-refractivity contribution in [1.82, 2.24) is 0 Å². The van der Waals surface area contributed by atoms with Crippen LogP contribution in [0.5, 0.6) is 0 Å². The van der Waals surface area contributed by atoms with Crippen LogP contribution in [-0.4, -0.2) is 36.1 Å². The minimum atomic E-state index is -0.765. The number of hydrogen-bond donors (Lipinski definition) is 2. The number of allylic oxidation sites excluding steroid dienone is 1. The summed E-state index contributed by atoms with van der Waals surface area (Å²) in [5.74, 6) is 1.97. The zero-order chi connectivity index (χ0) is 19.2. The van der Waals surface area contributed by atoms with Crippen LogP contribution in [0, 0.1) is 34.0 Å². The number of fused-ring (bicyclic) bond motifs is 3. The fourth-order valence-electron chi connectivity index (χ4n) is 7.30. The number of rotatable bonds is 5. The molecule has 2 saturated carbocycles. The van der Waals surface area contributed by atoms with E-state index in [-0.39, 0.29) is 18.6 Å². The lowest BCUT2D eigenvalue weighted by Gasteiger charge is -2.65. The third-order valence-corrected chi connectivity index (χ3v) is 8.67. The molecule has 0 radical (unpaired) electrons. The Bertz CT molecular complexity index is 540. The van der Waals surface area contributed by atoms with E-state index in [2.05, 4.69) is 40.7 Å². The molecule has 150 valence electrons. The molecular weight excluding hydrogens is 324 g/mol. The highest BCUT2D eigenvalue weighted by Crippen LogP contribution is 2.68. The number of aliphatic hydroxyl groups excluding tert-OH is 2. The summed E-state index contributed by atoms with van der Waals surface area (Å²) in [5, 5.41) is 18.6. The lowest BCUT2D eigenvalue weighted by atomic mass is 9.40. The molecule has 0 aromatic heterocycles. The smallest absolute Gasteiger partial charge is 0.100 e. The van der Waals surface area contributed by atoms with Crippen LogP contribution in [0.3, 0.4) is 0 Å². The van der Waals surface area contributed by atoms with Crippen molar-refractivity contribution in [2.75, 3.05) is 19.8 Å². The molecular formula is C23H40O3. The highest BCUT2D eigenvalue weighted by molar-refractivity contribution is 5.20. The second-order valence-electron chi connectivity index (χ2n) is 10.6. The maximum Gasteiger partial charge on any atom is 0.100 e. The Morgan fingerprint density at radius 3 is 2.54 bits per heavy atom. The summed E-state index contributed by atoms with van der Waals surface area (Å²) in [6.45, 7) is 13.0. The molecule has 0 unspecified atom stereocenters. The summed E-state index contributed by atoms with van der Waals surface area (Å²) in [5.41, 5.74) is 2.62. The topological polar surface area (TPSA) is 49.7 Å². The Labute approximate surface area is 160 Å². The number of ether oxygens (including phenoxy) is 1. The summed E-state index contributed by atoms with van der Waals surface area (Å²) in [6.07, 6.45) is 9.63. The Morgan fingerprint density at radius 1 is 1.12 bits per heavy atom. The van der Waals surface area contributed by atoms with E-state index < -0.39 is 6.10 Å². The molecule has 26 heavy (non-hydrogen) atoms. The average Bonchev–Trinajstić information content (AvgIpc) is 2.55. The van der Waals surface area contributed by atoms with Gasteiger partial charge in [-0.05, 0) is 67.1 Å². The lowest BCUT2D eigenvalue weighted by Crippen LogP contribution is -2.58. The summed E-state index contributed by atoms with van der Waals surface area (Å²) in [7, 11) is 0. The van der Waals surface area contributed by atoms with Crippen LogP contribution >= 0.6 is 0 Å². The predicted octanol–water partition coefficient (Wildman–Crippen LogP) is 4.57. The summed E-state index contributed by atoms with van der Waals surface area (Å²) in [6, 6.07) is 0. The summed E-state index contributed by atoms with van der Waals surface area (Å²) >= 11 is 0. The van der Waals surface area contributed by atoms with Gasteiger partial charge in [-0.2, -0.15) is 0 Å². The van der Waals surface area contributed by atoms with E-state index in [1.54, 1.807) is 0 Å². The average molecular weight is 365 g/mol. The van der Waals surface area contributed by atoms with Gasteiger partial charge >= 0.3 is 0 Å². The van der Waals surface area contributed by atoms with Crippen LogP contribution in [0.1, 0.15) is 73.1 Å². The van der Waals surface area contributed by atoms with Gasteiger partial charge in [0.2, 0.25) is 0 Å². The third-order valence-electron chi connectivity index (χ3n) is 8.67. The molecule has 0 bridgehead atoms. The highest BCUT2D eigenvalue weighted by atomic mass is 16.5. The van der Waals surface area contributed by atoms with Gasteiger partial charge in [0.05, 0.1) is 19.8 Å². The molecule has 0 aromatic rings. The SMILES string of the molecule is CC1=CC[C@H]2[C@@](C)(CC[C@H]3C(C)(C)CCC[C@]23C)[C@@H]1COC[C@@H](O)CO. The maximum absolute atomic E-state index is 9.61. The fourth-order valence-corrected chi connectivity index (χ4v) is 7.30. The lowest BCUT2D eigenvalue weighted by molar-refractivity contribution is -0.153. The molecule has 0 aliphatic heterocycles. The first-order valence-electron chi connectivity index (χ1n) is 10.7. The summed E-state index contributed by atoms with van der Waals surface area (Å²) < 4.78 is 5.87. The van der Waals surface area contributed by atoms with Crippen LogP contribution in [0.15, 0.2) is 11.6 Å². The van der Waals surface area contributed by atoms with Crippen LogP contribution in [-0.2, 0) is 4.74 Å². The Hall–Kier alpha value is -0.380. The first kappa shape index (κ1) is 20.4. The van der Waals surface area contributed by atoms with Gasteiger partial charge in [0, 0.05) is 5.92 Å². The van der Waals surface area contributed by atoms with Gasteiger partial charge in [0.25, 0.3) is 0 Å². The van der Waals surface area contributed by atoms with E-state index in [1.807, 2.05) is 0 Å². The molecule has 0 amide bonds. The molecule has 2 fully saturated rings. The monoisotopic (exact) mass is 364 g/mol. The van der Waals surface area contributed by atoms with E-state index in [0.717, 1.165) is 5.92 Å². The van der Waals surface area contributed by atoms with Gasteiger partial charge in [0.15, 0.2) is 0 Å². The first-order valence-corrected chi connectivity index (χ1v) is 10.7. The Kier molecular flexibility index (Phi) is 5.65. The molecule has 3 aliphatic rings. The first-order chi connectivity index (χ1) is 12.1. The van der Waals surface area contributed by atoms with E-state index in [4.69, 9.17) is 9.84 Å². The van der Waals surface area contributed by atoms with Gasteiger partial charge < -0.3 is 14.9 Å². The predicted molar refractivity (Wildman–Crippen MR) is 106 cm³/mol. The standard InChI is InChI=1S/C23H40O3/c1-16-7-8-20-22(4,18(16)15-26-14-17(25)13-24)12-9-19-21(2,3)10-6-11-23(19,20)5/h7,17-20,24-25H,6,8-15H2,1-5H3/t17-,18+,19-,20-,22-,23-/m0/s1. The van der Waals surface area contributed by atoms with E-state index in [0.29, 0.717) is 29.3 Å². The van der Waals surface area contributed by atoms with Crippen molar-refractivity contribution in [2.24, 2.45) is 34.0 Å². The molecule has 2 N–H and O–H groups in total. The second-order valence-corrected chi connectivity index (χ2v) is 10.6. The zero-order valence-electron chi connectivity index (χ0n) is 17.6. The van der Waals surface area contributed by atoms with Crippen molar-refractivity contribution < 1.29 is 14.9 Å². The molecule has 3 aliphatic carbocycles. The normalized spacial score (nSPS) is 43.2. The zero-order valence-corrected chi connectivity index (χ0v) is 17.6. The number of aliphatic hydroxyl groups is 2. The van der Waals surface area contributed by atoms with Gasteiger partial charge in [-0.1, -0.05) is 45.8 Å². The molecule has 0 heterocycles. The van der Waals surface area contributed by atoms with Crippen LogP contribution in [0.2, 0.25) is 0 Å². The van der Waals surface area contributed by atoms with Crippen molar-refractivity contribution in [3.05, 3.63) is 11.6 Å². The number of hydrogen-bond acceptors (Lipinski definition) is 3. The van der Waals surface area contributed by atoms with E-state index in [1.165, 1.54) is 44.1 Å². The van der Waals surface area contributed by atoms with Gasteiger partial charge in [0.1, 0.15) is 6.10 Å². The molecule has 3 heteroatoms. The second kappa shape index (κ2) is 7.22. The van der Waals surface area contributed by atoms with Gasteiger partial charge in [-0.15, -0.1) is 0 Å². The molecule has 3 rings (SSSR count). The fraction of sp³-hybridized carbons (Fsp3) is 0.913. The van der Waals surface area contributed by atoms with Gasteiger partial charge in [-0.3, -0.25) is 0 Å². The molecule has 0 saturated heterocycles. The van der Waals surface area contributed by atoms with Crippen LogP contribution in [0.4, 0.5) is 0 Å². The van der Waals surface area contributed by atoms with Crippen LogP contribution < -0.4 is 0 Å². The Morgan fingerprint density at radius 2 is 1.85 bits per heavy atom. The molecule has 3 nitrogen and oxygen atoms in total. The molecule has 0 spiro atoms. The van der Waals surface area contributed by atoms with Crippen LogP contribution in [0.25, 0.3) is 0 Å². The van der Waals surface area contributed by atoms with Gasteiger partial charge in [-0.25, -0.2) is 0 Å². The van der Waals surface area contributed by atoms with Crippen molar-refractivity contribution >= 4 is 0 Å². The highest BCUT2D eigenvalue weighted by Gasteiger charge is 2.60. The minimum absolute atomic E-state index is 0.228. The van der Waals surface area contributed by atoms with E-state index >= 15 is 0 Å². The Balaban J connectivity index is 1.83. The molecule has 0 aromatic carbocycles. The molecule has 6 atom stereocenters. The third kappa shape index (κ3) is 3.29. The minimum Gasteiger partial charge on any atom is -0.394 e. The van der Waals surface area contributed by atoms with Crippen molar-refractivity contribution in [3.8, 4) is 0 Å². The van der Waals surface area contributed by atoms with E-state index in [9.17, 15) is 5.11 Å².